The molecule has 7 heteroatoms. The molecule has 0 aliphatic rings. The summed E-state index contributed by atoms with van der Waals surface area (Å²) in [5.41, 5.74) is 1.98. The first-order chi connectivity index (χ1) is 9.72. The minimum atomic E-state index is 0.368. The molecule has 3 rings (SSSR count). The predicted molar refractivity (Wildman–Crippen MR) is 81.8 cm³/mol. The van der Waals surface area contributed by atoms with Crippen molar-refractivity contribution in [3.8, 4) is 0 Å². The Morgan fingerprint density at radius 1 is 1.30 bits per heavy atom. The Hall–Kier alpha value is -1.40. The summed E-state index contributed by atoms with van der Waals surface area (Å²) >= 11 is 9.48. The van der Waals surface area contributed by atoms with Gasteiger partial charge < -0.3 is 9.13 Å². The molecule has 0 fully saturated rings. The highest BCUT2D eigenvalue weighted by molar-refractivity contribution is 9.10. The maximum Gasteiger partial charge on any atom is 0.152 e. The van der Waals surface area contributed by atoms with Crippen molar-refractivity contribution in [1.29, 1.82) is 0 Å². The van der Waals surface area contributed by atoms with Crippen LogP contribution in [0.3, 0.4) is 0 Å². The first-order valence-corrected chi connectivity index (χ1v) is 7.63. The molecule has 3 aromatic rings. The fraction of sp³-hybridized carbons (Fsp3) is 0.308. The van der Waals surface area contributed by atoms with Crippen molar-refractivity contribution in [1.82, 2.24) is 24.3 Å². The first-order valence-electron chi connectivity index (χ1n) is 6.30. The number of nitrogens with zero attached hydrogens (tertiary/aromatic N) is 5. The lowest BCUT2D eigenvalue weighted by molar-refractivity contribution is 0.648. The van der Waals surface area contributed by atoms with Crippen LogP contribution in [0.2, 0.25) is 0 Å². The van der Waals surface area contributed by atoms with E-state index in [2.05, 4.69) is 42.6 Å². The Labute approximate surface area is 129 Å². The van der Waals surface area contributed by atoms with Gasteiger partial charge in [-0.2, -0.15) is 0 Å². The number of rotatable bonds is 4. The van der Waals surface area contributed by atoms with Crippen molar-refractivity contribution in [2.24, 2.45) is 0 Å². The molecule has 0 unspecified atom stereocenters. The van der Waals surface area contributed by atoms with Gasteiger partial charge in [0, 0.05) is 11.0 Å². The molecule has 2 aromatic heterocycles. The highest BCUT2D eigenvalue weighted by Crippen LogP contribution is 2.22. The molecule has 0 aliphatic heterocycles. The third kappa shape index (κ3) is 2.33. The Bertz CT molecular complexity index is 748. The zero-order valence-electron chi connectivity index (χ0n) is 10.9. The fourth-order valence-electron chi connectivity index (χ4n) is 2.24. The monoisotopic (exact) mass is 353 g/mol. The number of hydrogen-bond donors (Lipinski definition) is 0. The van der Waals surface area contributed by atoms with E-state index < -0.39 is 0 Å². The number of aromatic nitrogens is 5. The second-order valence-corrected chi connectivity index (χ2v) is 5.60. The van der Waals surface area contributed by atoms with Crippen LogP contribution in [0.25, 0.3) is 11.0 Å². The van der Waals surface area contributed by atoms with Gasteiger partial charge in [0.05, 0.1) is 23.5 Å². The Kier molecular flexibility index (Phi) is 3.76. The SMILES string of the molecule is CCn1cnnc1Cn1c(CCl)nc2cc(Br)ccc21. The number of aryl methyl sites for hydroxylation is 1. The number of benzene rings is 1. The molecular formula is C13H13BrClN5. The third-order valence-electron chi connectivity index (χ3n) is 3.24. The van der Waals surface area contributed by atoms with Crippen molar-refractivity contribution in [3.63, 3.8) is 0 Å². The zero-order valence-corrected chi connectivity index (χ0v) is 13.3. The van der Waals surface area contributed by atoms with E-state index in [-0.39, 0.29) is 0 Å². The van der Waals surface area contributed by atoms with E-state index in [1.165, 1.54) is 0 Å². The lowest BCUT2D eigenvalue weighted by atomic mass is 10.3. The van der Waals surface area contributed by atoms with E-state index in [0.29, 0.717) is 12.4 Å². The quantitative estimate of drug-likeness (QED) is 0.676. The van der Waals surface area contributed by atoms with Crippen LogP contribution in [0.15, 0.2) is 29.0 Å². The molecule has 0 atom stereocenters. The van der Waals surface area contributed by atoms with Crippen molar-refractivity contribution >= 4 is 38.6 Å². The maximum atomic E-state index is 6.02. The van der Waals surface area contributed by atoms with Crippen LogP contribution in [0.4, 0.5) is 0 Å². The number of imidazole rings is 1. The van der Waals surface area contributed by atoms with Gasteiger partial charge in [0.25, 0.3) is 0 Å². The lowest BCUT2D eigenvalue weighted by Gasteiger charge is -2.08. The average Bonchev–Trinajstić information content (AvgIpc) is 3.03. The fourth-order valence-corrected chi connectivity index (χ4v) is 2.79. The normalized spacial score (nSPS) is 11.3. The molecule has 0 amide bonds. The van der Waals surface area contributed by atoms with Gasteiger partial charge in [-0.25, -0.2) is 4.98 Å². The predicted octanol–water partition coefficient (Wildman–Crippen LogP) is 3.20. The lowest BCUT2D eigenvalue weighted by Crippen LogP contribution is -2.09. The molecule has 2 heterocycles. The van der Waals surface area contributed by atoms with Gasteiger partial charge in [-0.15, -0.1) is 21.8 Å². The van der Waals surface area contributed by atoms with E-state index >= 15 is 0 Å². The molecule has 0 aliphatic carbocycles. The van der Waals surface area contributed by atoms with Crippen LogP contribution >= 0.6 is 27.5 Å². The van der Waals surface area contributed by atoms with E-state index in [0.717, 1.165) is 33.7 Å². The smallest absolute Gasteiger partial charge is 0.152 e. The molecule has 0 N–H and O–H groups in total. The summed E-state index contributed by atoms with van der Waals surface area (Å²) in [6.07, 6.45) is 1.74. The van der Waals surface area contributed by atoms with E-state index in [1.54, 1.807) is 6.33 Å². The maximum absolute atomic E-state index is 6.02. The molecule has 20 heavy (non-hydrogen) atoms. The summed E-state index contributed by atoms with van der Waals surface area (Å²) in [6.45, 7) is 3.53. The highest BCUT2D eigenvalue weighted by Gasteiger charge is 2.13. The van der Waals surface area contributed by atoms with Gasteiger partial charge in [-0.3, -0.25) is 0 Å². The van der Waals surface area contributed by atoms with Crippen molar-refractivity contribution in [2.45, 2.75) is 25.9 Å². The van der Waals surface area contributed by atoms with Crippen molar-refractivity contribution < 1.29 is 0 Å². The van der Waals surface area contributed by atoms with Gasteiger partial charge >= 0.3 is 0 Å². The topological polar surface area (TPSA) is 48.5 Å². The van der Waals surface area contributed by atoms with Crippen molar-refractivity contribution in [2.75, 3.05) is 0 Å². The minimum Gasteiger partial charge on any atom is -0.319 e. The summed E-state index contributed by atoms with van der Waals surface area (Å²) in [6, 6.07) is 6.03. The second-order valence-electron chi connectivity index (χ2n) is 4.41. The van der Waals surface area contributed by atoms with Crippen LogP contribution in [-0.4, -0.2) is 24.3 Å². The van der Waals surface area contributed by atoms with Crippen LogP contribution in [-0.2, 0) is 19.0 Å². The summed E-state index contributed by atoms with van der Waals surface area (Å²) in [5.74, 6) is 2.11. The van der Waals surface area contributed by atoms with E-state index in [4.69, 9.17) is 11.6 Å². The largest absolute Gasteiger partial charge is 0.319 e. The van der Waals surface area contributed by atoms with Crippen LogP contribution in [0.5, 0.6) is 0 Å². The minimum absolute atomic E-state index is 0.368. The van der Waals surface area contributed by atoms with Crippen molar-refractivity contribution in [3.05, 3.63) is 40.6 Å². The Morgan fingerprint density at radius 3 is 2.90 bits per heavy atom. The van der Waals surface area contributed by atoms with Gasteiger partial charge in [0.15, 0.2) is 5.82 Å². The highest BCUT2D eigenvalue weighted by atomic mass is 79.9. The molecule has 1 aromatic carbocycles. The molecule has 0 radical (unpaired) electrons. The van der Waals surface area contributed by atoms with Gasteiger partial charge in [0.2, 0.25) is 0 Å². The van der Waals surface area contributed by atoms with Crippen LogP contribution < -0.4 is 0 Å². The summed E-state index contributed by atoms with van der Waals surface area (Å²) in [7, 11) is 0. The van der Waals surface area contributed by atoms with Gasteiger partial charge in [0.1, 0.15) is 12.2 Å². The average molecular weight is 355 g/mol. The van der Waals surface area contributed by atoms with Crippen LogP contribution in [0.1, 0.15) is 18.6 Å². The molecule has 0 saturated carbocycles. The number of halogens is 2. The van der Waals surface area contributed by atoms with E-state index in [1.807, 2.05) is 22.8 Å². The molecular weight excluding hydrogens is 342 g/mol. The molecule has 0 saturated heterocycles. The Morgan fingerprint density at radius 2 is 2.15 bits per heavy atom. The van der Waals surface area contributed by atoms with Gasteiger partial charge in [-0.05, 0) is 25.1 Å². The molecule has 0 spiro atoms. The molecule has 0 bridgehead atoms. The van der Waals surface area contributed by atoms with E-state index in [9.17, 15) is 0 Å². The second kappa shape index (κ2) is 5.54. The third-order valence-corrected chi connectivity index (χ3v) is 3.98. The summed E-state index contributed by atoms with van der Waals surface area (Å²) in [5, 5.41) is 8.14. The molecule has 5 nitrogen and oxygen atoms in total. The number of hydrogen-bond acceptors (Lipinski definition) is 3. The standard InChI is InChI=1S/C13H13BrClN5/c1-2-19-8-16-18-13(19)7-20-11-4-3-9(14)5-10(11)17-12(20)6-15/h3-5,8H,2,6-7H2,1H3. The summed E-state index contributed by atoms with van der Waals surface area (Å²) in [4.78, 5) is 4.57. The molecule has 104 valence electrons. The zero-order chi connectivity index (χ0) is 14.1. The number of alkyl halides is 1. The first kappa shape index (κ1) is 13.6. The number of fused-ring (bicyclic) bond motifs is 1. The van der Waals surface area contributed by atoms with Gasteiger partial charge in [-0.1, -0.05) is 15.9 Å². The summed E-state index contributed by atoms with van der Waals surface area (Å²) < 4.78 is 5.11. The van der Waals surface area contributed by atoms with Crippen LogP contribution in [0, 0.1) is 0 Å². The Balaban J connectivity index is 2.10.